The van der Waals surface area contributed by atoms with Crippen molar-refractivity contribution in [2.75, 3.05) is 4.72 Å². The fourth-order valence-corrected chi connectivity index (χ4v) is 3.41. The molecule has 1 heterocycles. The van der Waals surface area contributed by atoms with Gasteiger partial charge in [-0.3, -0.25) is 9.71 Å². The molecular weight excluding hydrogens is 330 g/mol. The number of aromatic nitrogens is 1. The maximum atomic E-state index is 12.5. The number of hydrogen-bond donors (Lipinski definition) is 2. The molecule has 0 aliphatic heterocycles. The molecule has 2 rings (SSSR count). The Bertz CT molecular complexity index is 807. The number of rotatable bonds is 4. The molecule has 0 aliphatic carbocycles. The highest BCUT2D eigenvalue weighted by atomic mass is 35.5. The summed E-state index contributed by atoms with van der Waals surface area (Å²) in [5.74, 6) is 0. The number of nitrogens with two attached hydrogens (primary N) is 1. The average Bonchev–Trinajstić information content (AvgIpc) is 2.44. The van der Waals surface area contributed by atoms with Crippen LogP contribution in [0.2, 0.25) is 5.02 Å². The number of thiocarbonyl (C=S) groups is 1. The van der Waals surface area contributed by atoms with E-state index in [0.29, 0.717) is 16.3 Å². The van der Waals surface area contributed by atoms with Crippen molar-refractivity contribution in [1.82, 2.24) is 4.98 Å². The van der Waals surface area contributed by atoms with Gasteiger partial charge in [-0.15, -0.1) is 0 Å². The van der Waals surface area contributed by atoms with Crippen LogP contribution in [0.5, 0.6) is 0 Å². The minimum Gasteiger partial charge on any atom is -0.388 e. The Morgan fingerprint density at radius 1 is 1.33 bits per heavy atom. The van der Waals surface area contributed by atoms with Crippen molar-refractivity contribution in [2.45, 2.75) is 11.8 Å². The molecule has 2 aromatic rings. The first-order valence-electron chi connectivity index (χ1n) is 5.85. The van der Waals surface area contributed by atoms with Crippen LogP contribution in [0.3, 0.4) is 0 Å². The van der Waals surface area contributed by atoms with Gasteiger partial charge in [0.15, 0.2) is 0 Å². The summed E-state index contributed by atoms with van der Waals surface area (Å²) >= 11 is 10.8. The van der Waals surface area contributed by atoms with Gasteiger partial charge < -0.3 is 5.73 Å². The molecule has 0 radical (unpaired) electrons. The van der Waals surface area contributed by atoms with Crippen molar-refractivity contribution < 1.29 is 8.42 Å². The van der Waals surface area contributed by atoms with Gasteiger partial charge in [0.25, 0.3) is 10.0 Å². The smallest absolute Gasteiger partial charge is 0.264 e. The highest BCUT2D eigenvalue weighted by Gasteiger charge is 2.21. The van der Waals surface area contributed by atoms with Crippen LogP contribution in [0, 0.1) is 6.92 Å². The summed E-state index contributed by atoms with van der Waals surface area (Å²) in [5, 5.41) is 0.468. The summed E-state index contributed by atoms with van der Waals surface area (Å²) in [4.78, 5) is 3.76. The molecule has 21 heavy (non-hydrogen) atoms. The third-order valence-electron chi connectivity index (χ3n) is 2.81. The topological polar surface area (TPSA) is 85.1 Å². The maximum absolute atomic E-state index is 12.5. The number of pyridine rings is 1. The monoisotopic (exact) mass is 341 g/mol. The molecule has 0 fully saturated rings. The van der Waals surface area contributed by atoms with E-state index in [0.717, 1.165) is 0 Å². The second-order valence-corrected chi connectivity index (χ2v) is 6.73. The zero-order valence-electron chi connectivity index (χ0n) is 11.0. The first-order chi connectivity index (χ1) is 9.83. The Labute approximate surface area is 133 Å². The van der Waals surface area contributed by atoms with Crippen molar-refractivity contribution in [1.29, 1.82) is 0 Å². The predicted molar refractivity (Wildman–Crippen MR) is 87.1 cm³/mol. The minimum atomic E-state index is -3.87. The Balaban J connectivity index is 2.49. The Kier molecular flexibility index (Phi) is 4.46. The van der Waals surface area contributed by atoms with Gasteiger partial charge in [0, 0.05) is 11.2 Å². The fraction of sp³-hybridized carbons (Fsp3) is 0.0769. The molecule has 0 amide bonds. The molecular formula is C13H12ClN3O2S2. The van der Waals surface area contributed by atoms with Crippen LogP contribution in [-0.2, 0) is 10.0 Å². The summed E-state index contributed by atoms with van der Waals surface area (Å²) < 4.78 is 27.4. The van der Waals surface area contributed by atoms with Crippen molar-refractivity contribution in [2.24, 2.45) is 5.73 Å². The molecule has 0 unspecified atom stereocenters. The quantitative estimate of drug-likeness (QED) is 0.834. The molecule has 3 N–H and O–H groups in total. The lowest BCUT2D eigenvalue weighted by Crippen LogP contribution is -2.21. The van der Waals surface area contributed by atoms with E-state index in [1.807, 2.05) is 0 Å². The van der Waals surface area contributed by atoms with E-state index in [4.69, 9.17) is 29.6 Å². The molecule has 1 aromatic heterocycles. The van der Waals surface area contributed by atoms with Crippen LogP contribution in [-0.4, -0.2) is 18.4 Å². The van der Waals surface area contributed by atoms with Gasteiger partial charge in [0.2, 0.25) is 0 Å². The molecule has 1 aromatic carbocycles. The lowest BCUT2D eigenvalue weighted by Gasteiger charge is -2.13. The first kappa shape index (κ1) is 15.7. The summed E-state index contributed by atoms with van der Waals surface area (Å²) in [6, 6.07) is 7.85. The van der Waals surface area contributed by atoms with Crippen LogP contribution in [0.25, 0.3) is 0 Å². The number of nitrogens with one attached hydrogen (secondary N) is 1. The summed E-state index contributed by atoms with van der Waals surface area (Å²) in [7, 11) is -3.87. The molecule has 0 spiro atoms. The summed E-state index contributed by atoms with van der Waals surface area (Å²) in [6.45, 7) is 1.72. The van der Waals surface area contributed by atoms with Gasteiger partial charge in [0.1, 0.15) is 15.6 Å². The number of sulfonamides is 1. The molecule has 110 valence electrons. The minimum absolute atomic E-state index is 0.0553. The van der Waals surface area contributed by atoms with Crippen LogP contribution in [0.15, 0.2) is 41.4 Å². The first-order valence-corrected chi connectivity index (χ1v) is 8.12. The Morgan fingerprint density at radius 2 is 2.05 bits per heavy atom. The predicted octanol–water partition coefficient (Wildman–Crippen LogP) is 2.48. The second-order valence-electron chi connectivity index (χ2n) is 4.23. The van der Waals surface area contributed by atoms with E-state index >= 15 is 0 Å². The van der Waals surface area contributed by atoms with E-state index in [-0.39, 0.29) is 15.6 Å². The van der Waals surface area contributed by atoms with Crippen molar-refractivity contribution >= 4 is 44.5 Å². The zero-order chi connectivity index (χ0) is 15.6. The Hall–Kier alpha value is -1.70. The largest absolute Gasteiger partial charge is 0.388 e. The third kappa shape index (κ3) is 3.31. The van der Waals surface area contributed by atoms with Gasteiger partial charge in [0.05, 0.1) is 5.69 Å². The van der Waals surface area contributed by atoms with Gasteiger partial charge in [-0.05, 0) is 36.8 Å². The zero-order valence-corrected chi connectivity index (χ0v) is 13.4. The normalized spacial score (nSPS) is 11.1. The Morgan fingerprint density at radius 3 is 2.71 bits per heavy atom. The van der Waals surface area contributed by atoms with Crippen LogP contribution < -0.4 is 10.5 Å². The second kappa shape index (κ2) is 5.97. The van der Waals surface area contributed by atoms with E-state index in [1.165, 1.54) is 18.3 Å². The van der Waals surface area contributed by atoms with Gasteiger partial charge in [-0.1, -0.05) is 29.9 Å². The van der Waals surface area contributed by atoms with E-state index in [2.05, 4.69) is 9.71 Å². The lowest BCUT2D eigenvalue weighted by molar-refractivity contribution is 0.600. The van der Waals surface area contributed by atoms with Crippen LogP contribution in [0.4, 0.5) is 5.69 Å². The lowest BCUT2D eigenvalue weighted by atomic mass is 10.2. The number of hydrogen-bond acceptors (Lipinski definition) is 4. The molecule has 0 atom stereocenters. The molecule has 0 aliphatic rings. The molecule has 0 saturated carbocycles. The van der Waals surface area contributed by atoms with Gasteiger partial charge in [-0.2, -0.15) is 0 Å². The number of benzene rings is 1. The van der Waals surface area contributed by atoms with Crippen molar-refractivity contribution in [3.05, 3.63) is 52.8 Å². The number of nitrogens with zero attached hydrogens (tertiary/aromatic N) is 1. The average molecular weight is 342 g/mol. The SMILES string of the molecule is Cc1c(Cl)cccc1NS(=O)(=O)c1cccnc1C(N)=S. The van der Waals surface area contributed by atoms with E-state index < -0.39 is 10.0 Å². The number of halogens is 1. The van der Waals surface area contributed by atoms with Crippen molar-refractivity contribution in [3.63, 3.8) is 0 Å². The van der Waals surface area contributed by atoms with Gasteiger partial charge in [-0.25, -0.2) is 8.42 Å². The fourth-order valence-electron chi connectivity index (χ4n) is 1.71. The highest BCUT2D eigenvalue weighted by molar-refractivity contribution is 7.93. The third-order valence-corrected chi connectivity index (χ3v) is 4.81. The standard InChI is InChI=1S/C13H12ClN3O2S2/c1-8-9(14)4-2-5-10(8)17-21(18,19)11-6-3-7-16-12(11)13(15)20/h2-7,17H,1H3,(H2,15,20). The number of anilines is 1. The molecule has 0 saturated heterocycles. The molecule has 0 bridgehead atoms. The summed E-state index contributed by atoms with van der Waals surface area (Å²) in [5.41, 5.74) is 6.59. The van der Waals surface area contributed by atoms with E-state index in [1.54, 1.807) is 25.1 Å². The molecule has 8 heteroatoms. The van der Waals surface area contributed by atoms with Crippen LogP contribution >= 0.6 is 23.8 Å². The maximum Gasteiger partial charge on any atom is 0.264 e. The van der Waals surface area contributed by atoms with Gasteiger partial charge >= 0.3 is 0 Å². The summed E-state index contributed by atoms with van der Waals surface area (Å²) in [6.07, 6.45) is 1.43. The van der Waals surface area contributed by atoms with Crippen LogP contribution in [0.1, 0.15) is 11.3 Å². The van der Waals surface area contributed by atoms with Crippen molar-refractivity contribution in [3.8, 4) is 0 Å². The van der Waals surface area contributed by atoms with E-state index in [9.17, 15) is 8.42 Å². The molecule has 5 nitrogen and oxygen atoms in total. The highest BCUT2D eigenvalue weighted by Crippen LogP contribution is 2.26.